The largest absolute Gasteiger partial charge is 0.416 e. The molecule has 0 atom stereocenters. The van der Waals surface area contributed by atoms with Crippen LogP contribution in [0.3, 0.4) is 0 Å². The minimum Gasteiger partial charge on any atom is -0.357 e. The molecule has 0 saturated heterocycles. The lowest BCUT2D eigenvalue weighted by molar-refractivity contribution is -0.137. The zero-order chi connectivity index (χ0) is 14.6. The van der Waals surface area contributed by atoms with Crippen molar-refractivity contribution in [1.29, 1.82) is 0 Å². The van der Waals surface area contributed by atoms with E-state index in [0.29, 0.717) is 12.6 Å². The Kier molecular flexibility index (Phi) is 6.76. The van der Waals surface area contributed by atoms with Gasteiger partial charge in [0.05, 0.1) is 12.1 Å². The van der Waals surface area contributed by atoms with E-state index in [0.717, 1.165) is 43.0 Å². The third-order valence-electron chi connectivity index (χ3n) is 2.96. The normalized spacial score (nSPS) is 15.3. The van der Waals surface area contributed by atoms with Crippen LogP contribution in [0.2, 0.25) is 0 Å². The smallest absolute Gasteiger partial charge is 0.357 e. The number of alkyl halides is 3. The molecule has 1 fully saturated rings. The summed E-state index contributed by atoms with van der Waals surface area (Å²) in [6.07, 6.45) is -2.00. The summed E-state index contributed by atoms with van der Waals surface area (Å²) in [7, 11) is 0. The van der Waals surface area contributed by atoms with Gasteiger partial charge >= 0.3 is 6.18 Å². The molecule has 21 heavy (non-hydrogen) atoms. The first-order valence-corrected chi connectivity index (χ1v) is 6.70. The molecule has 0 unspecified atom stereocenters. The Labute approximate surface area is 139 Å². The molecular weight excluding hydrogens is 394 g/mol. The van der Waals surface area contributed by atoms with Crippen molar-refractivity contribution >= 4 is 29.9 Å². The molecule has 118 valence electrons. The highest BCUT2D eigenvalue weighted by molar-refractivity contribution is 14.0. The van der Waals surface area contributed by atoms with Crippen LogP contribution in [0.1, 0.15) is 30.9 Å². The first-order valence-electron chi connectivity index (χ1n) is 6.70. The number of benzene rings is 1. The van der Waals surface area contributed by atoms with E-state index < -0.39 is 11.7 Å². The molecule has 7 heteroatoms. The Balaban J connectivity index is 0.00000220. The van der Waals surface area contributed by atoms with Crippen LogP contribution in [0, 0.1) is 0 Å². The SMILES string of the molecule is CCNC(=NCc1ccc(C(F)(F)F)cc1)NC1CC1.I. The van der Waals surface area contributed by atoms with Gasteiger partial charge in [-0.3, -0.25) is 0 Å². The molecule has 1 aromatic carbocycles. The zero-order valence-corrected chi connectivity index (χ0v) is 14.0. The van der Waals surface area contributed by atoms with Crippen molar-refractivity contribution in [3.63, 3.8) is 0 Å². The molecule has 2 rings (SSSR count). The Hall–Kier alpha value is -0.990. The van der Waals surface area contributed by atoms with Crippen LogP contribution in [0.25, 0.3) is 0 Å². The van der Waals surface area contributed by atoms with Crippen molar-refractivity contribution in [2.45, 2.75) is 38.5 Å². The number of aliphatic imine (C=N–C) groups is 1. The molecule has 1 aromatic rings. The Bertz CT molecular complexity index is 467. The van der Waals surface area contributed by atoms with Gasteiger partial charge in [0, 0.05) is 12.6 Å². The van der Waals surface area contributed by atoms with Crippen LogP contribution in [-0.4, -0.2) is 18.5 Å². The van der Waals surface area contributed by atoms with Gasteiger partial charge in [-0.25, -0.2) is 4.99 Å². The fourth-order valence-electron chi connectivity index (χ4n) is 1.71. The fraction of sp³-hybridized carbons (Fsp3) is 0.500. The van der Waals surface area contributed by atoms with Gasteiger partial charge in [0.25, 0.3) is 0 Å². The summed E-state index contributed by atoms with van der Waals surface area (Å²) in [6, 6.07) is 5.60. The second-order valence-electron chi connectivity index (χ2n) is 4.81. The molecule has 1 saturated carbocycles. The summed E-state index contributed by atoms with van der Waals surface area (Å²) in [6.45, 7) is 3.09. The van der Waals surface area contributed by atoms with E-state index in [9.17, 15) is 13.2 Å². The van der Waals surface area contributed by atoms with Crippen molar-refractivity contribution in [1.82, 2.24) is 10.6 Å². The Morgan fingerprint density at radius 2 is 1.86 bits per heavy atom. The molecular formula is C14H19F3IN3. The molecule has 3 nitrogen and oxygen atoms in total. The van der Waals surface area contributed by atoms with Crippen molar-refractivity contribution < 1.29 is 13.2 Å². The Morgan fingerprint density at radius 1 is 1.24 bits per heavy atom. The number of rotatable bonds is 4. The maximum Gasteiger partial charge on any atom is 0.416 e. The van der Waals surface area contributed by atoms with Crippen molar-refractivity contribution in [2.24, 2.45) is 4.99 Å². The third kappa shape index (κ3) is 6.11. The Morgan fingerprint density at radius 3 is 2.33 bits per heavy atom. The number of halogens is 4. The predicted octanol–water partition coefficient (Wildman–Crippen LogP) is 3.54. The van der Waals surface area contributed by atoms with Crippen LogP contribution in [-0.2, 0) is 12.7 Å². The van der Waals surface area contributed by atoms with Crippen molar-refractivity contribution in [3.8, 4) is 0 Å². The molecule has 1 aliphatic carbocycles. The van der Waals surface area contributed by atoms with Crippen molar-refractivity contribution in [2.75, 3.05) is 6.54 Å². The van der Waals surface area contributed by atoms with E-state index in [4.69, 9.17) is 0 Å². The summed E-state index contributed by atoms with van der Waals surface area (Å²) < 4.78 is 37.3. The molecule has 0 heterocycles. The molecule has 0 radical (unpaired) electrons. The highest BCUT2D eigenvalue weighted by Gasteiger charge is 2.29. The van der Waals surface area contributed by atoms with E-state index in [1.165, 1.54) is 12.1 Å². The molecule has 0 bridgehead atoms. The van der Waals surface area contributed by atoms with Crippen molar-refractivity contribution in [3.05, 3.63) is 35.4 Å². The van der Waals surface area contributed by atoms with Gasteiger partial charge in [-0.1, -0.05) is 12.1 Å². The van der Waals surface area contributed by atoms with Crippen LogP contribution in [0.15, 0.2) is 29.3 Å². The monoisotopic (exact) mass is 413 g/mol. The summed E-state index contributed by atoms with van der Waals surface area (Å²) in [5, 5.41) is 6.38. The second kappa shape index (κ2) is 7.86. The van der Waals surface area contributed by atoms with Crippen LogP contribution in [0.5, 0.6) is 0 Å². The fourth-order valence-corrected chi connectivity index (χ4v) is 1.71. The summed E-state index contributed by atoms with van der Waals surface area (Å²) in [5.74, 6) is 0.717. The van der Waals surface area contributed by atoms with Gasteiger partial charge in [0.2, 0.25) is 0 Å². The summed E-state index contributed by atoms with van der Waals surface area (Å²) >= 11 is 0. The van der Waals surface area contributed by atoms with E-state index in [1.807, 2.05) is 6.92 Å². The average molecular weight is 413 g/mol. The molecule has 2 N–H and O–H groups in total. The zero-order valence-electron chi connectivity index (χ0n) is 11.7. The van der Waals surface area contributed by atoms with Gasteiger partial charge in [-0.15, -0.1) is 24.0 Å². The van der Waals surface area contributed by atoms with Gasteiger partial charge in [0.15, 0.2) is 5.96 Å². The third-order valence-corrected chi connectivity index (χ3v) is 2.96. The first-order chi connectivity index (χ1) is 9.49. The second-order valence-corrected chi connectivity index (χ2v) is 4.81. The molecule has 0 spiro atoms. The molecule has 0 aliphatic heterocycles. The van der Waals surface area contributed by atoms with Gasteiger partial charge in [0.1, 0.15) is 0 Å². The van der Waals surface area contributed by atoms with E-state index in [-0.39, 0.29) is 24.0 Å². The predicted molar refractivity (Wildman–Crippen MR) is 87.8 cm³/mol. The van der Waals surface area contributed by atoms with Gasteiger partial charge in [-0.2, -0.15) is 13.2 Å². The van der Waals surface area contributed by atoms with Gasteiger partial charge < -0.3 is 10.6 Å². The average Bonchev–Trinajstić information content (AvgIpc) is 3.20. The van der Waals surface area contributed by atoms with Gasteiger partial charge in [-0.05, 0) is 37.5 Å². The maximum atomic E-state index is 12.4. The lowest BCUT2D eigenvalue weighted by Gasteiger charge is -2.10. The topological polar surface area (TPSA) is 36.4 Å². The molecule has 1 aliphatic rings. The van der Waals surface area contributed by atoms with Crippen LogP contribution >= 0.6 is 24.0 Å². The van der Waals surface area contributed by atoms with E-state index >= 15 is 0 Å². The number of nitrogens with one attached hydrogen (secondary N) is 2. The highest BCUT2D eigenvalue weighted by atomic mass is 127. The number of hydrogen-bond acceptors (Lipinski definition) is 1. The standard InChI is InChI=1S/C14H18F3N3.HI/c1-2-18-13(20-12-7-8-12)19-9-10-3-5-11(6-4-10)14(15,16)17;/h3-6,12H,2,7-9H2,1H3,(H2,18,19,20);1H. The van der Waals surface area contributed by atoms with Crippen LogP contribution < -0.4 is 10.6 Å². The van der Waals surface area contributed by atoms with Crippen LogP contribution in [0.4, 0.5) is 13.2 Å². The molecule has 0 aromatic heterocycles. The lowest BCUT2D eigenvalue weighted by atomic mass is 10.1. The quantitative estimate of drug-likeness (QED) is 0.450. The minimum atomic E-state index is -4.29. The summed E-state index contributed by atoms with van der Waals surface area (Å²) in [5.41, 5.74) is 0.124. The number of guanidine groups is 1. The number of nitrogens with zero attached hydrogens (tertiary/aromatic N) is 1. The summed E-state index contributed by atoms with van der Waals surface area (Å²) in [4.78, 5) is 4.37. The van der Waals surface area contributed by atoms with E-state index in [1.54, 1.807) is 0 Å². The molecule has 0 amide bonds. The maximum absolute atomic E-state index is 12.4. The first kappa shape index (κ1) is 18.1. The highest BCUT2D eigenvalue weighted by Crippen LogP contribution is 2.29. The number of hydrogen-bond donors (Lipinski definition) is 2. The minimum absolute atomic E-state index is 0. The lowest BCUT2D eigenvalue weighted by Crippen LogP contribution is -2.38. The van der Waals surface area contributed by atoms with E-state index in [2.05, 4.69) is 15.6 Å².